The molecule has 2 aromatic carbocycles. The summed E-state index contributed by atoms with van der Waals surface area (Å²) in [5, 5.41) is 3.52. The molecule has 7 heteroatoms. The molecule has 1 N–H and O–H groups in total. The maximum Gasteiger partial charge on any atom is 0.243 e. The van der Waals surface area contributed by atoms with Crippen molar-refractivity contribution in [1.29, 1.82) is 0 Å². The highest BCUT2D eigenvalue weighted by Crippen LogP contribution is 2.23. The van der Waals surface area contributed by atoms with Gasteiger partial charge in [-0.3, -0.25) is 0 Å². The van der Waals surface area contributed by atoms with Crippen LogP contribution in [-0.2, 0) is 16.6 Å². The van der Waals surface area contributed by atoms with Crippen molar-refractivity contribution in [2.75, 3.05) is 32.0 Å². The second kappa shape index (κ2) is 9.90. The Morgan fingerprint density at radius 3 is 2.23 bits per heavy atom. The Bertz CT molecular complexity index is 906. The zero-order valence-electron chi connectivity index (χ0n) is 18.0. The summed E-state index contributed by atoms with van der Waals surface area (Å²) in [5.74, 6) is -0.157. The van der Waals surface area contributed by atoms with Crippen LogP contribution >= 0.6 is 0 Å². The van der Waals surface area contributed by atoms with Crippen LogP contribution in [0.4, 0.5) is 10.1 Å². The minimum atomic E-state index is -3.66. The summed E-state index contributed by atoms with van der Waals surface area (Å²) in [7, 11) is -1.53. The van der Waals surface area contributed by atoms with Crippen molar-refractivity contribution in [3.8, 4) is 0 Å². The van der Waals surface area contributed by atoms with E-state index in [0.717, 1.165) is 37.2 Å². The van der Waals surface area contributed by atoms with Crippen molar-refractivity contribution in [3.05, 3.63) is 59.9 Å². The van der Waals surface area contributed by atoms with Crippen LogP contribution in [0.25, 0.3) is 0 Å². The molecule has 164 valence electrons. The first-order chi connectivity index (χ1) is 14.2. The number of sulfonamides is 1. The van der Waals surface area contributed by atoms with Gasteiger partial charge < -0.3 is 10.2 Å². The molecule has 0 saturated carbocycles. The maximum atomic E-state index is 13.3. The van der Waals surface area contributed by atoms with Crippen LogP contribution in [0.1, 0.15) is 32.3 Å². The Morgan fingerprint density at radius 2 is 1.67 bits per heavy atom. The number of halogens is 1. The Labute approximate surface area is 179 Å². The lowest BCUT2D eigenvalue weighted by Gasteiger charge is -2.30. The molecule has 5 nitrogen and oxygen atoms in total. The van der Waals surface area contributed by atoms with E-state index >= 15 is 0 Å². The summed E-state index contributed by atoms with van der Waals surface area (Å²) in [5.41, 5.74) is 1.71. The van der Waals surface area contributed by atoms with E-state index < -0.39 is 10.0 Å². The molecule has 3 rings (SSSR count). The normalized spacial score (nSPS) is 16.3. The van der Waals surface area contributed by atoms with Gasteiger partial charge in [0.05, 0.1) is 4.90 Å². The third kappa shape index (κ3) is 6.03. The molecule has 1 saturated heterocycles. The number of likely N-dealkylation sites (tertiary alicyclic amines) is 1. The lowest BCUT2D eigenvalue weighted by atomic mass is 10.1. The minimum Gasteiger partial charge on any atom is -0.382 e. The van der Waals surface area contributed by atoms with Gasteiger partial charge in [-0.1, -0.05) is 26.0 Å². The van der Waals surface area contributed by atoms with Crippen molar-refractivity contribution in [2.45, 2.75) is 44.2 Å². The van der Waals surface area contributed by atoms with Crippen LogP contribution in [0.2, 0.25) is 0 Å². The predicted octanol–water partition coefficient (Wildman–Crippen LogP) is 4.18. The van der Waals surface area contributed by atoms with E-state index in [9.17, 15) is 12.8 Å². The first kappa shape index (κ1) is 22.7. The van der Waals surface area contributed by atoms with Gasteiger partial charge in [0.25, 0.3) is 0 Å². The minimum absolute atomic E-state index is 0.172. The van der Waals surface area contributed by atoms with Crippen LogP contribution in [0, 0.1) is 11.7 Å². The van der Waals surface area contributed by atoms with E-state index in [1.54, 1.807) is 24.3 Å². The molecule has 1 aliphatic rings. The molecule has 1 heterocycles. The number of hydrogen-bond acceptors (Lipinski definition) is 4. The highest BCUT2D eigenvalue weighted by molar-refractivity contribution is 7.89. The molecule has 0 atom stereocenters. The van der Waals surface area contributed by atoms with Gasteiger partial charge in [0.15, 0.2) is 0 Å². The highest BCUT2D eigenvalue weighted by atomic mass is 32.2. The Morgan fingerprint density at radius 1 is 1.07 bits per heavy atom. The van der Waals surface area contributed by atoms with Crippen molar-refractivity contribution in [1.82, 2.24) is 9.21 Å². The molecule has 0 bridgehead atoms. The first-order valence-electron chi connectivity index (χ1n) is 10.5. The molecule has 0 aromatic heterocycles. The van der Waals surface area contributed by atoms with Crippen LogP contribution in [0.15, 0.2) is 53.4 Å². The molecule has 0 spiro atoms. The summed E-state index contributed by atoms with van der Waals surface area (Å²) in [6, 6.07) is 13.4. The first-order valence-corrected chi connectivity index (χ1v) is 12.0. The van der Waals surface area contributed by atoms with Gasteiger partial charge in [0.1, 0.15) is 5.82 Å². The fourth-order valence-electron chi connectivity index (χ4n) is 3.71. The average molecular weight is 434 g/mol. The van der Waals surface area contributed by atoms with Gasteiger partial charge in [-0.25, -0.2) is 12.8 Å². The van der Waals surface area contributed by atoms with Crippen LogP contribution < -0.4 is 5.32 Å². The Hall–Kier alpha value is -1.96. The molecule has 30 heavy (non-hydrogen) atoms. The fourth-order valence-corrected chi connectivity index (χ4v) is 5.30. The summed E-state index contributed by atoms with van der Waals surface area (Å²) >= 11 is 0. The Kier molecular flexibility index (Phi) is 7.50. The second-order valence-corrected chi connectivity index (χ2v) is 10.5. The van der Waals surface area contributed by atoms with Crippen molar-refractivity contribution in [3.63, 3.8) is 0 Å². The maximum absolute atomic E-state index is 13.3. The summed E-state index contributed by atoms with van der Waals surface area (Å²) < 4.78 is 41.3. The fraction of sp³-hybridized carbons (Fsp3) is 0.478. The molecular formula is C23H32FN3O2S. The van der Waals surface area contributed by atoms with Crippen molar-refractivity contribution >= 4 is 15.7 Å². The number of anilines is 1. The van der Waals surface area contributed by atoms with Gasteiger partial charge >= 0.3 is 0 Å². The third-order valence-corrected chi connectivity index (χ3v) is 7.25. The van der Waals surface area contributed by atoms with Crippen LogP contribution in [0.3, 0.4) is 0 Å². The zero-order valence-corrected chi connectivity index (χ0v) is 18.8. The summed E-state index contributed by atoms with van der Waals surface area (Å²) in [4.78, 5) is 2.59. The number of benzene rings is 2. The third-order valence-electron chi connectivity index (χ3n) is 5.42. The van der Waals surface area contributed by atoms with Gasteiger partial charge in [0, 0.05) is 24.8 Å². The van der Waals surface area contributed by atoms with E-state index in [1.165, 1.54) is 16.4 Å². The van der Waals surface area contributed by atoms with E-state index in [1.807, 2.05) is 26.0 Å². The second-order valence-electron chi connectivity index (χ2n) is 8.56. The number of nitrogens with zero attached hydrogens (tertiary/aromatic N) is 2. The molecule has 1 fully saturated rings. The Balaban J connectivity index is 1.74. The van der Waals surface area contributed by atoms with Crippen LogP contribution in [-0.4, -0.2) is 50.3 Å². The van der Waals surface area contributed by atoms with E-state index in [0.29, 0.717) is 12.6 Å². The summed E-state index contributed by atoms with van der Waals surface area (Å²) in [6.45, 7) is 6.73. The standard InChI is InChI=1S/C23H32FN3O2S/c1-18(2)16-27(17-19-4-6-20(24)7-5-19)30(28,29)23-10-8-21(9-11-23)25-22-12-14-26(3)15-13-22/h4-11,18,22,25H,12-17H2,1-3H3. The van der Waals surface area contributed by atoms with Gasteiger partial charge in [-0.05, 0) is 80.9 Å². The number of piperidine rings is 1. The van der Waals surface area contributed by atoms with Gasteiger partial charge in [0.2, 0.25) is 10.0 Å². The van der Waals surface area contributed by atoms with Gasteiger partial charge in [-0.2, -0.15) is 4.31 Å². The van der Waals surface area contributed by atoms with E-state index in [-0.39, 0.29) is 23.2 Å². The molecule has 0 radical (unpaired) electrons. The SMILES string of the molecule is CC(C)CN(Cc1ccc(F)cc1)S(=O)(=O)c1ccc(NC2CCN(C)CC2)cc1. The molecular weight excluding hydrogens is 401 g/mol. The molecule has 0 unspecified atom stereocenters. The zero-order chi connectivity index (χ0) is 21.7. The molecule has 0 amide bonds. The number of nitrogens with one attached hydrogen (secondary N) is 1. The average Bonchev–Trinajstić information content (AvgIpc) is 2.71. The molecule has 2 aromatic rings. The quantitative estimate of drug-likeness (QED) is 0.679. The van der Waals surface area contributed by atoms with Crippen molar-refractivity contribution < 1.29 is 12.8 Å². The van der Waals surface area contributed by atoms with E-state index in [4.69, 9.17) is 0 Å². The molecule has 1 aliphatic heterocycles. The van der Waals surface area contributed by atoms with Crippen LogP contribution in [0.5, 0.6) is 0 Å². The van der Waals surface area contributed by atoms with E-state index in [2.05, 4.69) is 17.3 Å². The smallest absolute Gasteiger partial charge is 0.243 e. The van der Waals surface area contributed by atoms with Crippen molar-refractivity contribution in [2.24, 2.45) is 5.92 Å². The number of rotatable bonds is 8. The van der Waals surface area contributed by atoms with Gasteiger partial charge in [-0.15, -0.1) is 0 Å². The summed E-state index contributed by atoms with van der Waals surface area (Å²) in [6.07, 6.45) is 2.16. The topological polar surface area (TPSA) is 52.7 Å². The molecule has 0 aliphatic carbocycles. The lowest BCUT2D eigenvalue weighted by molar-refractivity contribution is 0.264. The predicted molar refractivity (Wildman–Crippen MR) is 119 cm³/mol. The highest BCUT2D eigenvalue weighted by Gasteiger charge is 2.25. The lowest BCUT2D eigenvalue weighted by Crippen LogP contribution is -2.36. The number of hydrogen-bond donors (Lipinski definition) is 1. The largest absolute Gasteiger partial charge is 0.382 e. The monoisotopic (exact) mass is 433 g/mol.